The predicted molar refractivity (Wildman–Crippen MR) is 131 cm³/mol. The van der Waals surface area contributed by atoms with Crippen molar-refractivity contribution in [1.29, 1.82) is 0 Å². The lowest BCUT2D eigenvalue weighted by Crippen LogP contribution is -2.38. The number of hydrogen-bond acceptors (Lipinski definition) is 6. The molecule has 33 heavy (non-hydrogen) atoms. The molecule has 1 saturated heterocycles. The van der Waals surface area contributed by atoms with Gasteiger partial charge in [0.25, 0.3) is 5.91 Å². The van der Waals surface area contributed by atoms with Gasteiger partial charge in [-0.2, -0.15) is 4.58 Å². The Kier molecular flexibility index (Phi) is 7.35. The van der Waals surface area contributed by atoms with Crippen LogP contribution in [-0.4, -0.2) is 79.7 Å². The van der Waals surface area contributed by atoms with Gasteiger partial charge in [-0.05, 0) is 49.7 Å². The maximum atomic E-state index is 13.1. The second kappa shape index (κ2) is 10.4. The second-order valence-electron chi connectivity index (χ2n) is 8.21. The van der Waals surface area contributed by atoms with Gasteiger partial charge in [0.15, 0.2) is 11.5 Å². The smallest absolute Gasteiger partial charge is 0.425 e. The first kappa shape index (κ1) is 23.3. The molecule has 1 fully saturated rings. The first-order chi connectivity index (χ1) is 16.0. The molecule has 1 aliphatic carbocycles. The summed E-state index contributed by atoms with van der Waals surface area (Å²) in [5, 5.41) is 2.98. The summed E-state index contributed by atoms with van der Waals surface area (Å²) in [7, 11) is 4.93. The van der Waals surface area contributed by atoms with Gasteiger partial charge in [0, 0.05) is 24.7 Å². The maximum Gasteiger partial charge on any atom is 0.425 e. The van der Waals surface area contributed by atoms with Gasteiger partial charge in [-0.25, -0.2) is 4.79 Å². The molecule has 4 rings (SSSR count). The number of hydrogen-bond donors (Lipinski definition) is 1. The average Bonchev–Trinajstić information content (AvgIpc) is 3.35. The molecule has 1 unspecified atom stereocenters. The van der Waals surface area contributed by atoms with E-state index in [4.69, 9.17) is 9.47 Å². The lowest BCUT2D eigenvalue weighted by molar-refractivity contribution is -0.413. The van der Waals surface area contributed by atoms with Crippen LogP contribution in [-0.2, 0) is 9.59 Å². The largest absolute Gasteiger partial charge is 0.493 e. The van der Waals surface area contributed by atoms with Crippen LogP contribution in [0.5, 0.6) is 11.5 Å². The summed E-state index contributed by atoms with van der Waals surface area (Å²) in [6.45, 7) is 3.73. The molecule has 3 aliphatic rings. The number of likely N-dealkylation sites (N-methyl/N-ethyl adjacent to an activating group) is 1. The summed E-state index contributed by atoms with van der Waals surface area (Å²) < 4.78 is 12.3. The summed E-state index contributed by atoms with van der Waals surface area (Å²) in [4.78, 5) is 28.7. The third-order valence-electron chi connectivity index (χ3n) is 6.08. The number of nitrogens with one attached hydrogen (secondary N) is 1. The van der Waals surface area contributed by atoms with Crippen LogP contribution in [0.15, 0.2) is 46.9 Å². The average molecular weight is 469 g/mol. The number of benzene rings is 1. The second-order valence-corrected chi connectivity index (χ2v) is 9.40. The summed E-state index contributed by atoms with van der Waals surface area (Å²) in [6, 6.07) is 5.56. The van der Waals surface area contributed by atoms with E-state index < -0.39 is 0 Å². The fraction of sp³-hybridized carbons (Fsp3) is 0.400. The molecule has 1 aromatic rings. The van der Waals surface area contributed by atoms with E-state index >= 15 is 0 Å². The van der Waals surface area contributed by atoms with Crippen molar-refractivity contribution in [3.8, 4) is 11.5 Å². The van der Waals surface area contributed by atoms with E-state index in [0.717, 1.165) is 30.9 Å². The first-order valence-corrected chi connectivity index (χ1v) is 12.0. The number of fused-ring (bicyclic) bond motifs is 1. The van der Waals surface area contributed by atoms with E-state index in [1.54, 1.807) is 25.8 Å². The molecular weight excluding hydrogens is 438 g/mol. The Morgan fingerprint density at radius 2 is 2.00 bits per heavy atom. The Balaban J connectivity index is 1.48. The Morgan fingerprint density at radius 1 is 1.24 bits per heavy atom. The normalized spacial score (nSPS) is 21.8. The Hall–Kier alpha value is -2.84. The Morgan fingerprint density at radius 3 is 2.73 bits per heavy atom. The molecule has 1 aromatic carbocycles. The molecular formula is C25H30N3O4S+. The van der Waals surface area contributed by atoms with Crippen LogP contribution in [0.1, 0.15) is 18.4 Å². The van der Waals surface area contributed by atoms with Crippen molar-refractivity contribution in [2.45, 2.75) is 18.1 Å². The van der Waals surface area contributed by atoms with Crippen LogP contribution in [0.4, 0.5) is 0 Å². The number of likely N-dealkylation sites (tertiary alicyclic amines) is 1. The fourth-order valence-electron chi connectivity index (χ4n) is 4.20. The highest BCUT2D eigenvalue weighted by atomic mass is 32.2. The Bertz CT molecular complexity index is 1070. The molecule has 1 N–H and O–H groups in total. The number of methoxy groups -OCH3 is 2. The van der Waals surface area contributed by atoms with Crippen molar-refractivity contribution in [3.05, 3.63) is 52.5 Å². The van der Waals surface area contributed by atoms with Crippen LogP contribution in [0, 0.1) is 0 Å². The van der Waals surface area contributed by atoms with Crippen molar-refractivity contribution in [3.63, 3.8) is 0 Å². The zero-order valence-corrected chi connectivity index (χ0v) is 20.1. The highest BCUT2D eigenvalue weighted by molar-refractivity contribution is 8.05. The van der Waals surface area contributed by atoms with Crippen molar-refractivity contribution in [1.82, 2.24) is 10.2 Å². The minimum atomic E-state index is -0.103. The molecule has 0 radical (unpaired) electrons. The zero-order chi connectivity index (χ0) is 23.4. The number of carbonyl (C=O) groups is 2. The van der Waals surface area contributed by atoms with Crippen LogP contribution in [0.3, 0.4) is 0 Å². The summed E-state index contributed by atoms with van der Waals surface area (Å²) in [5.41, 5.74) is 2.26. The molecule has 8 heteroatoms. The van der Waals surface area contributed by atoms with E-state index in [9.17, 15) is 9.59 Å². The van der Waals surface area contributed by atoms with Crippen molar-refractivity contribution in [2.75, 3.05) is 47.4 Å². The van der Waals surface area contributed by atoms with Gasteiger partial charge in [0.2, 0.25) is 5.71 Å². The highest BCUT2D eigenvalue weighted by Gasteiger charge is 2.38. The minimum Gasteiger partial charge on any atom is -0.493 e. The quantitative estimate of drug-likeness (QED) is 0.490. The monoisotopic (exact) mass is 468 g/mol. The SMILES string of the molecule is COc1ccc(/C=C2\SC3C=CC(C(=O)NCCN4CCCC4)=CC3=[N+](C)C2=O)cc1OC. The molecule has 0 spiro atoms. The number of allylic oxidation sites excluding steroid dienone is 1. The Labute approximate surface area is 198 Å². The third-order valence-corrected chi connectivity index (χ3v) is 7.28. The van der Waals surface area contributed by atoms with Gasteiger partial charge in [-0.3, -0.25) is 4.79 Å². The van der Waals surface area contributed by atoms with Gasteiger partial charge in [0.05, 0.1) is 14.2 Å². The van der Waals surface area contributed by atoms with Crippen molar-refractivity contribution < 1.29 is 23.6 Å². The number of carbonyl (C=O) groups excluding carboxylic acids is 2. The van der Waals surface area contributed by atoms with Crippen LogP contribution in [0.25, 0.3) is 6.08 Å². The van der Waals surface area contributed by atoms with Crippen molar-refractivity contribution in [2.24, 2.45) is 0 Å². The topological polar surface area (TPSA) is 70.9 Å². The molecule has 0 saturated carbocycles. The highest BCUT2D eigenvalue weighted by Crippen LogP contribution is 2.35. The molecule has 0 aromatic heterocycles. The lowest BCUT2D eigenvalue weighted by atomic mass is 10.0. The van der Waals surface area contributed by atoms with Gasteiger partial charge < -0.3 is 19.7 Å². The van der Waals surface area contributed by atoms with Gasteiger partial charge >= 0.3 is 5.91 Å². The number of rotatable bonds is 7. The molecule has 1 atom stereocenters. The van der Waals surface area contributed by atoms with E-state index in [1.807, 2.05) is 42.5 Å². The third kappa shape index (κ3) is 5.23. The number of nitrogens with zero attached hydrogens (tertiary/aromatic N) is 2. The molecule has 2 amide bonds. The van der Waals surface area contributed by atoms with Crippen LogP contribution >= 0.6 is 11.8 Å². The number of amides is 2. The standard InChI is InChI=1S/C25H29N3O4S/c1-27-19-16-18(24(29)26-10-13-28-11-4-5-12-28)7-9-22(19)33-23(25(27)30)15-17-6-8-20(31-2)21(14-17)32-3/h6-9,14-16,22H,4-5,10-13H2,1-3H3/p+1/b23-15-. The number of thioether (sulfide) groups is 1. The lowest BCUT2D eigenvalue weighted by Gasteiger charge is -2.21. The summed E-state index contributed by atoms with van der Waals surface area (Å²) >= 11 is 1.48. The zero-order valence-electron chi connectivity index (χ0n) is 19.3. The van der Waals surface area contributed by atoms with E-state index in [2.05, 4.69) is 10.2 Å². The summed E-state index contributed by atoms with van der Waals surface area (Å²) in [5.74, 6) is 1.05. The fourth-order valence-corrected chi connectivity index (χ4v) is 5.42. The van der Waals surface area contributed by atoms with E-state index in [1.165, 1.54) is 24.6 Å². The predicted octanol–water partition coefficient (Wildman–Crippen LogP) is 2.48. The molecule has 2 aliphatic heterocycles. The minimum absolute atomic E-state index is 0.0276. The number of ether oxygens (including phenoxy) is 2. The van der Waals surface area contributed by atoms with Gasteiger partial charge in [0.1, 0.15) is 17.2 Å². The van der Waals surface area contributed by atoms with E-state index in [-0.39, 0.29) is 17.1 Å². The molecule has 7 nitrogen and oxygen atoms in total. The molecule has 2 heterocycles. The molecule has 0 bridgehead atoms. The van der Waals surface area contributed by atoms with Crippen molar-refractivity contribution >= 4 is 35.4 Å². The van der Waals surface area contributed by atoms with E-state index in [0.29, 0.717) is 28.5 Å². The van der Waals surface area contributed by atoms with Crippen LogP contribution < -0.4 is 14.8 Å². The van der Waals surface area contributed by atoms with Gasteiger partial charge in [-0.1, -0.05) is 30.0 Å². The van der Waals surface area contributed by atoms with Crippen LogP contribution in [0.2, 0.25) is 0 Å². The first-order valence-electron chi connectivity index (χ1n) is 11.2. The summed E-state index contributed by atoms with van der Waals surface area (Å²) in [6.07, 6.45) is 10.0. The van der Waals surface area contributed by atoms with Gasteiger partial charge in [-0.15, -0.1) is 0 Å². The maximum absolute atomic E-state index is 13.1. The molecule has 174 valence electrons.